The van der Waals surface area contributed by atoms with Crippen molar-refractivity contribution < 1.29 is 26.3 Å². The van der Waals surface area contributed by atoms with Crippen LogP contribution < -0.4 is 0 Å². The number of allylic oxidation sites excluding steroid dienone is 5. The van der Waals surface area contributed by atoms with E-state index in [-0.39, 0.29) is 12.8 Å². The third-order valence-electron chi connectivity index (χ3n) is 2.19. The van der Waals surface area contributed by atoms with Gasteiger partial charge in [-0.25, -0.2) is 0 Å². The zero-order chi connectivity index (χ0) is 12.6. The van der Waals surface area contributed by atoms with Crippen LogP contribution in [0.3, 0.4) is 0 Å². The maximum Gasteiger partial charge on any atom is 0.417 e. The molecule has 0 aromatic heterocycles. The molecule has 0 nitrogen and oxygen atoms in total. The molecule has 0 atom stereocenters. The van der Waals surface area contributed by atoms with Gasteiger partial charge in [0.25, 0.3) is 0 Å². The van der Waals surface area contributed by atoms with Gasteiger partial charge in [0.05, 0.1) is 11.1 Å². The third kappa shape index (κ3) is 2.48. The second kappa shape index (κ2) is 3.99. The molecule has 16 heavy (non-hydrogen) atoms. The molecular weight excluding hydrogens is 234 g/mol. The van der Waals surface area contributed by atoms with Crippen LogP contribution in [0.4, 0.5) is 26.3 Å². The first-order chi connectivity index (χ1) is 7.18. The molecule has 0 saturated carbocycles. The summed E-state index contributed by atoms with van der Waals surface area (Å²) in [6, 6.07) is 0. The first-order valence-electron chi connectivity index (χ1n) is 4.38. The first kappa shape index (κ1) is 12.9. The summed E-state index contributed by atoms with van der Waals surface area (Å²) in [5.41, 5.74) is -3.62. The fourth-order valence-electron chi connectivity index (χ4n) is 1.57. The van der Waals surface area contributed by atoms with Crippen molar-refractivity contribution >= 4 is 0 Å². The molecule has 0 aromatic carbocycles. The summed E-state index contributed by atoms with van der Waals surface area (Å²) in [5, 5.41) is 0. The lowest BCUT2D eigenvalue weighted by Gasteiger charge is -2.23. The summed E-state index contributed by atoms with van der Waals surface area (Å²) < 4.78 is 74.7. The van der Waals surface area contributed by atoms with E-state index >= 15 is 0 Å². The lowest BCUT2D eigenvalue weighted by atomic mass is 9.90. The van der Waals surface area contributed by atoms with Crippen LogP contribution >= 0.6 is 0 Å². The van der Waals surface area contributed by atoms with Crippen molar-refractivity contribution in [3.63, 3.8) is 0 Å². The number of hydrogen-bond donors (Lipinski definition) is 0. The maximum atomic E-state index is 12.5. The van der Waals surface area contributed by atoms with Gasteiger partial charge in [-0.05, 0) is 18.4 Å². The van der Waals surface area contributed by atoms with E-state index in [4.69, 9.17) is 0 Å². The van der Waals surface area contributed by atoms with Gasteiger partial charge in [-0.15, -0.1) is 0 Å². The van der Waals surface area contributed by atoms with Crippen LogP contribution in [0.1, 0.15) is 12.8 Å². The van der Waals surface area contributed by atoms with Crippen LogP contribution in [-0.4, -0.2) is 12.4 Å². The van der Waals surface area contributed by atoms with Crippen LogP contribution in [0.25, 0.3) is 0 Å². The Morgan fingerprint density at radius 2 is 1.62 bits per heavy atom. The Morgan fingerprint density at radius 3 is 2.00 bits per heavy atom. The Balaban J connectivity index is 3.35. The summed E-state index contributed by atoms with van der Waals surface area (Å²) in [6.45, 7) is 3.11. The summed E-state index contributed by atoms with van der Waals surface area (Å²) in [6.07, 6.45) is -8.71. The normalized spacial score (nSPS) is 18.5. The summed E-state index contributed by atoms with van der Waals surface area (Å²) in [4.78, 5) is 0. The third-order valence-corrected chi connectivity index (χ3v) is 2.19. The van der Waals surface area contributed by atoms with Crippen molar-refractivity contribution in [3.8, 4) is 0 Å². The minimum absolute atomic E-state index is 0.0597. The van der Waals surface area contributed by atoms with E-state index in [2.05, 4.69) is 6.58 Å². The molecule has 0 N–H and O–H groups in total. The lowest BCUT2D eigenvalue weighted by Crippen LogP contribution is -2.26. The number of alkyl halides is 6. The second-order valence-corrected chi connectivity index (χ2v) is 3.26. The van der Waals surface area contributed by atoms with Gasteiger partial charge < -0.3 is 0 Å². The van der Waals surface area contributed by atoms with Crippen molar-refractivity contribution in [2.75, 3.05) is 0 Å². The van der Waals surface area contributed by atoms with Crippen LogP contribution in [-0.2, 0) is 0 Å². The molecule has 6 heteroatoms. The van der Waals surface area contributed by atoms with Gasteiger partial charge in [-0.2, -0.15) is 26.3 Å². The van der Waals surface area contributed by atoms with Crippen molar-refractivity contribution in [3.05, 3.63) is 35.5 Å². The molecular formula is C10H8F6. The molecule has 90 valence electrons. The Hall–Kier alpha value is -1.20. The number of halogens is 6. The van der Waals surface area contributed by atoms with E-state index in [1.165, 1.54) is 0 Å². The quantitative estimate of drug-likeness (QED) is 0.601. The average Bonchev–Trinajstić information content (AvgIpc) is 2.13. The van der Waals surface area contributed by atoms with Crippen LogP contribution in [0.5, 0.6) is 0 Å². The SMILES string of the molecule is C=CC1=C(C(F)(F)F)C(C(F)(F)F)=CCC1. The lowest BCUT2D eigenvalue weighted by molar-refractivity contribution is -0.119. The number of rotatable bonds is 1. The van der Waals surface area contributed by atoms with Gasteiger partial charge in [-0.1, -0.05) is 18.7 Å². The zero-order valence-corrected chi connectivity index (χ0v) is 8.04. The van der Waals surface area contributed by atoms with E-state index in [1.807, 2.05) is 0 Å². The Labute approximate surface area is 87.9 Å². The molecule has 0 aromatic rings. The van der Waals surface area contributed by atoms with Gasteiger partial charge in [0.15, 0.2) is 0 Å². The highest BCUT2D eigenvalue weighted by Gasteiger charge is 2.48. The molecule has 0 saturated heterocycles. The van der Waals surface area contributed by atoms with Crippen molar-refractivity contribution in [2.45, 2.75) is 25.2 Å². The predicted octanol–water partition coefficient (Wildman–Crippen LogP) is 4.31. The van der Waals surface area contributed by atoms with Crippen LogP contribution in [0.2, 0.25) is 0 Å². The van der Waals surface area contributed by atoms with Crippen LogP contribution in [0.15, 0.2) is 35.5 Å². The molecule has 0 aliphatic heterocycles. The molecule has 0 amide bonds. The highest BCUT2D eigenvalue weighted by molar-refractivity contribution is 5.47. The zero-order valence-electron chi connectivity index (χ0n) is 8.04. The van der Waals surface area contributed by atoms with Gasteiger partial charge in [0.1, 0.15) is 0 Å². The molecule has 0 radical (unpaired) electrons. The first-order valence-corrected chi connectivity index (χ1v) is 4.38. The Bertz CT molecular complexity index is 352. The summed E-state index contributed by atoms with van der Waals surface area (Å²) in [7, 11) is 0. The van der Waals surface area contributed by atoms with Crippen molar-refractivity contribution in [1.82, 2.24) is 0 Å². The largest absolute Gasteiger partial charge is 0.417 e. The number of hydrogen-bond acceptors (Lipinski definition) is 0. The van der Waals surface area contributed by atoms with Gasteiger partial charge >= 0.3 is 12.4 Å². The van der Waals surface area contributed by atoms with Gasteiger partial charge in [0.2, 0.25) is 0 Å². The molecule has 0 fully saturated rings. The smallest absolute Gasteiger partial charge is 0.166 e. The molecule has 0 bridgehead atoms. The predicted molar refractivity (Wildman–Crippen MR) is 46.7 cm³/mol. The van der Waals surface area contributed by atoms with Gasteiger partial charge in [-0.3, -0.25) is 0 Å². The van der Waals surface area contributed by atoms with E-state index < -0.39 is 29.1 Å². The second-order valence-electron chi connectivity index (χ2n) is 3.26. The molecule has 0 spiro atoms. The topological polar surface area (TPSA) is 0 Å². The Kier molecular flexibility index (Phi) is 3.21. The monoisotopic (exact) mass is 242 g/mol. The van der Waals surface area contributed by atoms with E-state index in [0.717, 1.165) is 6.08 Å². The molecule has 1 aliphatic rings. The highest BCUT2D eigenvalue weighted by Crippen LogP contribution is 2.44. The van der Waals surface area contributed by atoms with E-state index in [0.29, 0.717) is 6.08 Å². The fourth-order valence-corrected chi connectivity index (χ4v) is 1.57. The van der Waals surface area contributed by atoms with Crippen LogP contribution in [0, 0.1) is 0 Å². The van der Waals surface area contributed by atoms with Crippen molar-refractivity contribution in [2.24, 2.45) is 0 Å². The molecule has 1 rings (SSSR count). The molecule has 0 unspecified atom stereocenters. The fraction of sp³-hybridized carbons (Fsp3) is 0.400. The minimum Gasteiger partial charge on any atom is -0.166 e. The minimum atomic E-state index is -5.01. The van der Waals surface area contributed by atoms with E-state index in [9.17, 15) is 26.3 Å². The average molecular weight is 242 g/mol. The highest BCUT2D eigenvalue weighted by atomic mass is 19.4. The van der Waals surface area contributed by atoms with Gasteiger partial charge in [0, 0.05) is 0 Å². The molecule has 1 aliphatic carbocycles. The Morgan fingerprint density at radius 1 is 1.06 bits per heavy atom. The summed E-state index contributed by atoms with van der Waals surface area (Å²) >= 11 is 0. The van der Waals surface area contributed by atoms with Crippen molar-refractivity contribution in [1.29, 1.82) is 0 Å². The molecule has 0 heterocycles. The standard InChI is InChI=1S/C10H8F6/c1-2-6-4-3-5-7(9(11,12)13)8(6)10(14,15)16/h2,5H,1,3-4H2. The summed E-state index contributed by atoms with van der Waals surface area (Å²) in [5.74, 6) is 0. The van der Waals surface area contributed by atoms with E-state index in [1.54, 1.807) is 0 Å². The maximum absolute atomic E-state index is 12.5.